The highest BCUT2D eigenvalue weighted by Gasteiger charge is 2.31. The summed E-state index contributed by atoms with van der Waals surface area (Å²) in [4.78, 5) is 29.5. The van der Waals surface area contributed by atoms with Crippen molar-refractivity contribution in [3.63, 3.8) is 0 Å². The third-order valence-electron chi connectivity index (χ3n) is 4.54. The number of amides is 1. The molecule has 0 spiro atoms. The van der Waals surface area contributed by atoms with Crippen molar-refractivity contribution in [1.29, 1.82) is 0 Å². The number of carbonyl (C=O) groups is 2. The number of aromatic carboxylic acids is 1. The predicted molar refractivity (Wildman–Crippen MR) is 84.0 cm³/mol. The Kier molecular flexibility index (Phi) is 4.54. The summed E-state index contributed by atoms with van der Waals surface area (Å²) in [6.45, 7) is 9.82. The van der Waals surface area contributed by atoms with E-state index in [1.807, 2.05) is 4.90 Å². The number of pyridine rings is 1. The number of hydrogen-bond donors (Lipinski definition) is 1. The molecular weight excluding hydrogens is 280 g/mol. The first-order chi connectivity index (χ1) is 10.2. The maximum atomic E-state index is 12.5. The lowest BCUT2D eigenvalue weighted by Crippen LogP contribution is -2.41. The van der Waals surface area contributed by atoms with Gasteiger partial charge in [-0.25, -0.2) is 9.78 Å². The molecule has 0 aliphatic carbocycles. The van der Waals surface area contributed by atoms with E-state index in [0.29, 0.717) is 17.3 Å². The van der Waals surface area contributed by atoms with Gasteiger partial charge in [0.25, 0.3) is 5.91 Å². The Labute approximate surface area is 131 Å². The smallest absolute Gasteiger partial charge is 0.337 e. The maximum absolute atomic E-state index is 12.5. The third-order valence-corrected chi connectivity index (χ3v) is 4.54. The topological polar surface area (TPSA) is 70.5 Å². The highest BCUT2D eigenvalue weighted by atomic mass is 16.4. The molecule has 1 fully saturated rings. The van der Waals surface area contributed by atoms with E-state index in [-0.39, 0.29) is 16.9 Å². The Morgan fingerprint density at radius 1 is 1.23 bits per heavy atom. The Morgan fingerprint density at radius 3 is 2.27 bits per heavy atom. The molecule has 0 saturated carbocycles. The van der Waals surface area contributed by atoms with E-state index < -0.39 is 5.97 Å². The van der Waals surface area contributed by atoms with Crippen molar-refractivity contribution in [2.75, 3.05) is 13.1 Å². The fourth-order valence-electron chi connectivity index (χ4n) is 3.02. The van der Waals surface area contributed by atoms with E-state index in [0.717, 1.165) is 25.9 Å². The molecule has 5 nitrogen and oxygen atoms in total. The monoisotopic (exact) mass is 304 g/mol. The Hall–Kier alpha value is -1.91. The molecule has 1 aliphatic heterocycles. The molecule has 1 N–H and O–H groups in total. The van der Waals surface area contributed by atoms with Crippen LogP contribution in [0.15, 0.2) is 12.1 Å². The van der Waals surface area contributed by atoms with Crippen LogP contribution in [0.5, 0.6) is 0 Å². The lowest BCUT2D eigenvalue weighted by molar-refractivity contribution is 0.0601. The van der Waals surface area contributed by atoms with E-state index in [4.69, 9.17) is 5.11 Å². The summed E-state index contributed by atoms with van der Waals surface area (Å²) >= 11 is 0. The van der Waals surface area contributed by atoms with Crippen LogP contribution in [0.2, 0.25) is 0 Å². The minimum absolute atomic E-state index is 0.104. The molecule has 1 aromatic heterocycles. The lowest BCUT2D eigenvalue weighted by atomic mass is 9.75. The number of likely N-dealkylation sites (tertiary alicyclic amines) is 1. The summed E-state index contributed by atoms with van der Waals surface area (Å²) in [7, 11) is 0. The van der Waals surface area contributed by atoms with E-state index in [1.54, 1.807) is 6.92 Å². The largest absolute Gasteiger partial charge is 0.478 e. The minimum atomic E-state index is -1.02. The zero-order valence-corrected chi connectivity index (χ0v) is 13.7. The average Bonchev–Trinajstić information content (AvgIpc) is 2.45. The van der Waals surface area contributed by atoms with Gasteiger partial charge >= 0.3 is 5.97 Å². The summed E-state index contributed by atoms with van der Waals surface area (Å²) in [5, 5.41) is 9.01. The van der Waals surface area contributed by atoms with Crippen molar-refractivity contribution >= 4 is 11.9 Å². The molecule has 1 aliphatic rings. The number of carboxylic acid groups (broad SMARTS) is 1. The number of piperidine rings is 1. The lowest BCUT2D eigenvalue weighted by Gasteiger charge is -2.38. The van der Waals surface area contributed by atoms with Crippen molar-refractivity contribution in [3.8, 4) is 0 Å². The highest BCUT2D eigenvalue weighted by molar-refractivity contribution is 5.94. The van der Waals surface area contributed by atoms with Crippen molar-refractivity contribution in [3.05, 3.63) is 29.1 Å². The first-order valence-electron chi connectivity index (χ1n) is 7.70. The molecule has 0 unspecified atom stereocenters. The number of aryl methyl sites for hydroxylation is 1. The summed E-state index contributed by atoms with van der Waals surface area (Å²) in [5.74, 6) is -0.497. The fourth-order valence-corrected chi connectivity index (χ4v) is 3.02. The third kappa shape index (κ3) is 3.46. The highest BCUT2D eigenvalue weighted by Crippen LogP contribution is 2.34. The first kappa shape index (κ1) is 16.5. The van der Waals surface area contributed by atoms with Crippen LogP contribution in [0.25, 0.3) is 0 Å². The van der Waals surface area contributed by atoms with Crippen LogP contribution < -0.4 is 0 Å². The van der Waals surface area contributed by atoms with Crippen molar-refractivity contribution in [2.45, 2.75) is 40.5 Å². The van der Waals surface area contributed by atoms with E-state index in [1.165, 1.54) is 12.1 Å². The van der Waals surface area contributed by atoms with Gasteiger partial charge in [0, 0.05) is 13.1 Å². The SMILES string of the molecule is Cc1nc(C(=O)N2CCC(C(C)(C)C)CC2)ccc1C(=O)O. The molecule has 0 atom stereocenters. The van der Waals surface area contributed by atoms with Gasteiger partial charge < -0.3 is 10.0 Å². The van der Waals surface area contributed by atoms with Crippen molar-refractivity contribution < 1.29 is 14.7 Å². The van der Waals surface area contributed by atoms with Crippen molar-refractivity contribution in [2.24, 2.45) is 11.3 Å². The molecule has 0 aromatic carbocycles. The molecule has 120 valence electrons. The zero-order chi connectivity index (χ0) is 16.5. The Balaban J connectivity index is 2.07. The van der Waals surface area contributed by atoms with Crippen LogP contribution in [0.4, 0.5) is 0 Å². The maximum Gasteiger partial charge on any atom is 0.337 e. The van der Waals surface area contributed by atoms with Crippen LogP contribution in [-0.2, 0) is 0 Å². The number of carbonyl (C=O) groups excluding carboxylic acids is 1. The molecular formula is C17H24N2O3. The Bertz CT molecular complexity index is 582. The summed E-state index contributed by atoms with van der Waals surface area (Å²) in [6, 6.07) is 2.97. The van der Waals surface area contributed by atoms with Gasteiger partial charge in [-0.05, 0) is 43.2 Å². The number of hydrogen-bond acceptors (Lipinski definition) is 3. The van der Waals surface area contributed by atoms with Gasteiger partial charge in [-0.2, -0.15) is 0 Å². The summed E-state index contributed by atoms with van der Waals surface area (Å²) in [5.41, 5.74) is 1.12. The molecule has 1 saturated heterocycles. The standard InChI is InChI=1S/C17H24N2O3/c1-11-13(16(21)22)5-6-14(18-11)15(20)19-9-7-12(8-10-19)17(2,3)4/h5-6,12H,7-10H2,1-4H3,(H,21,22). The van der Waals surface area contributed by atoms with Crippen LogP contribution in [0.3, 0.4) is 0 Å². The van der Waals surface area contributed by atoms with Gasteiger partial charge in [-0.3, -0.25) is 4.79 Å². The zero-order valence-electron chi connectivity index (χ0n) is 13.7. The van der Waals surface area contributed by atoms with Gasteiger partial charge in [0.1, 0.15) is 5.69 Å². The normalized spacial score (nSPS) is 16.6. The molecule has 1 amide bonds. The number of carboxylic acids is 1. The molecule has 0 radical (unpaired) electrons. The summed E-state index contributed by atoms with van der Waals surface area (Å²) in [6.07, 6.45) is 2.00. The molecule has 5 heteroatoms. The second kappa shape index (κ2) is 6.07. The quantitative estimate of drug-likeness (QED) is 0.912. The minimum Gasteiger partial charge on any atom is -0.478 e. The number of nitrogens with zero attached hydrogens (tertiary/aromatic N) is 2. The fraction of sp³-hybridized carbons (Fsp3) is 0.588. The van der Waals surface area contributed by atoms with Crippen molar-refractivity contribution in [1.82, 2.24) is 9.88 Å². The molecule has 1 aromatic rings. The molecule has 22 heavy (non-hydrogen) atoms. The van der Waals surface area contributed by atoms with Crippen LogP contribution in [0, 0.1) is 18.3 Å². The van der Waals surface area contributed by atoms with Gasteiger partial charge in [0.05, 0.1) is 11.3 Å². The first-order valence-corrected chi connectivity index (χ1v) is 7.70. The number of aromatic nitrogens is 1. The average molecular weight is 304 g/mol. The van der Waals surface area contributed by atoms with Crippen LogP contribution >= 0.6 is 0 Å². The van der Waals surface area contributed by atoms with E-state index in [2.05, 4.69) is 25.8 Å². The van der Waals surface area contributed by atoms with Gasteiger partial charge in [-0.1, -0.05) is 20.8 Å². The van der Waals surface area contributed by atoms with Gasteiger partial charge in [-0.15, -0.1) is 0 Å². The van der Waals surface area contributed by atoms with Crippen LogP contribution in [0.1, 0.15) is 60.2 Å². The van der Waals surface area contributed by atoms with Crippen LogP contribution in [-0.4, -0.2) is 40.0 Å². The second-order valence-corrected chi connectivity index (χ2v) is 7.07. The molecule has 0 bridgehead atoms. The summed E-state index contributed by atoms with van der Waals surface area (Å²) < 4.78 is 0. The predicted octanol–water partition coefficient (Wildman–Crippen LogP) is 2.99. The Morgan fingerprint density at radius 2 is 1.82 bits per heavy atom. The van der Waals surface area contributed by atoms with Gasteiger partial charge in [0.2, 0.25) is 0 Å². The van der Waals surface area contributed by atoms with E-state index >= 15 is 0 Å². The number of rotatable bonds is 2. The second-order valence-electron chi connectivity index (χ2n) is 7.07. The van der Waals surface area contributed by atoms with E-state index in [9.17, 15) is 9.59 Å². The molecule has 2 rings (SSSR count). The molecule has 2 heterocycles. The van der Waals surface area contributed by atoms with Gasteiger partial charge in [0.15, 0.2) is 0 Å².